The molecular weight excluding hydrogens is 181 g/mol. The number of aryl methyl sites for hydroxylation is 1. The van der Waals surface area contributed by atoms with Gasteiger partial charge in [0.2, 0.25) is 0 Å². The van der Waals surface area contributed by atoms with E-state index in [1.165, 1.54) is 6.07 Å². The Bertz CT molecular complexity index is 439. The van der Waals surface area contributed by atoms with Crippen LogP contribution < -0.4 is 0 Å². The average molecular weight is 189 g/mol. The Morgan fingerprint density at radius 1 is 1.14 bits per heavy atom. The topological polar surface area (TPSA) is 38.7 Å². The van der Waals surface area contributed by atoms with Gasteiger partial charge in [-0.2, -0.15) is 10.2 Å². The third kappa shape index (κ3) is 1.74. The molecule has 0 bridgehead atoms. The molecule has 0 atom stereocenters. The average Bonchev–Trinajstić information content (AvgIpc) is 2.19. The van der Waals surface area contributed by atoms with Crippen molar-refractivity contribution < 1.29 is 4.39 Å². The summed E-state index contributed by atoms with van der Waals surface area (Å²) in [5.41, 5.74) is 2.10. The minimum atomic E-state index is -0.370. The van der Waals surface area contributed by atoms with Crippen LogP contribution >= 0.6 is 0 Å². The summed E-state index contributed by atoms with van der Waals surface area (Å²) in [4.78, 5) is 3.74. The molecule has 0 unspecified atom stereocenters. The van der Waals surface area contributed by atoms with Crippen LogP contribution in [0.1, 0.15) is 5.69 Å². The van der Waals surface area contributed by atoms with Crippen molar-refractivity contribution in [2.75, 3.05) is 0 Å². The van der Waals surface area contributed by atoms with Crippen molar-refractivity contribution in [3.8, 4) is 11.3 Å². The molecule has 0 aliphatic rings. The maximum Gasteiger partial charge on any atom is 0.142 e. The molecule has 0 fully saturated rings. The third-order valence-corrected chi connectivity index (χ3v) is 1.80. The van der Waals surface area contributed by atoms with Crippen LogP contribution in [0.15, 0.2) is 30.6 Å². The molecule has 0 aromatic carbocycles. The van der Waals surface area contributed by atoms with E-state index in [1.54, 1.807) is 12.3 Å². The lowest BCUT2D eigenvalue weighted by molar-refractivity contribution is 0.622. The molecule has 0 saturated heterocycles. The summed E-state index contributed by atoms with van der Waals surface area (Å²) in [5, 5.41) is 7.82. The van der Waals surface area contributed by atoms with E-state index in [0.29, 0.717) is 11.3 Å². The lowest BCUT2D eigenvalue weighted by Crippen LogP contribution is -1.90. The molecule has 4 heteroatoms. The zero-order valence-electron chi connectivity index (χ0n) is 7.61. The summed E-state index contributed by atoms with van der Waals surface area (Å²) in [7, 11) is 0. The maximum absolute atomic E-state index is 12.8. The van der Waals surface area contributed by atoms with E-state index >= 15 is 0 Å². The van der Waals surface area contributed by atoms with Gasteiger partial charge in [-0.1, -0.05) is 0 Å². The van der Waals surface area contributed by atoms with E-state index in [-0.39, 0.29) is 5.82 Å². The Morgan fingerprint density at radius 3 is 2.64 bits per heavy atom. The molecule has 0 spiro atoms. The number of hydrogen-bond donors (Lipinski definition) is 0. The Balaban J connectivity index is 2.44. The molecule has 3 nitrogen and oxygen atoms in total. The quantitative estimate of drug-likeness (QED) is 0.688. The summed E-state index contributed by atoms with van der Waals surface area (Å²) < 4.78 is 12.8. The van der Waals surface area contributed by atoms with Crippen LogP contribution in [0, 0.1) is 12.7 Å². The van der Waals surface area contributed by atoms with E-state index in [4.69, 9.17) is 0 Å². The standard InChI is InChI=1S/C10H8FN3/c1-7-2-3-10(14-13-7)8-4-9(11)6-12-5-8/h2-6H,1H3. The van der Waals surface area contributed by atoms with Crippen LogP contribution in [-0.4, -0.2) is 15.2 Å². The van der Waals surface area contributed by atoms with Crippen molar-refractivity contribution >= 4 is 0 Å². The van der Waals surface area contributed by atoms with E-state index in [2.05, 4.69) is 15.2 Å². The largest absolute Gasteiger partial charge is 0.261 e. The third-order valence-electron chi connectivity index (χ3n) is 1.80. The molecule has 0 saturated carbocycles. The highest BCUT2D eigenvalue weighted by Gasteiger charge is 2.01. The predicted molar refractivity (Wildman–Crippen MR) is 50.0 cm³/mol. The fraction of sp³-hybridized carbons (Fsp3) is 0.100. The normalized spacial score (nSPS) is 10.1. The Hall–Kier alpha value is -1.84. The Kier molecular flexibility index (Phi) is 2.18. The lowest BCUT2D eigenvalue weighted by atomic mass is 10.2. The van der Waals surface area contributed by atoms with Crippen molar-refractivity contribution in [2.24, 2.45) is 0 Å². The van der Waals surface area contributed by atoms with Gasteiger partial charge in [0.1, 0.15) is 5.82 Å². The molecule has 2 aromatic heterocycles. The van der Waals surface area contributed by atoms with Gasteiger partial charge in [-0.3, -0.25) is 4.98 Å². The van der Waals surface area contributed by atoms with Gasteiger partial charge in [-0.25, -0.2) is 4.39 Å². The molecule has 0 radical (unpaired) electrons. The maximum atomic E-state index is 12.8. The minimum absolute atomic E-state index is 0.370. The summed E-state index contributed by atoms with van der Waals surface area (Å²) in [6.07, 6.45) is 2.72. The lowest BCUT2D eigenvalue weighted by Gasteiger charge is -1.98. The van der Waals surface area contributed by atoms with Gasteiger partial charge in [0, 0.05) is 11.8 Å². The summed E-state index contributed by atoms with van der Waals surface area (Å²) in [6, 6.07) is 5.00. The number of hydrogen-bond acceptors (Lipinski definition) is 3. The molecule has 14 heavy (non-hydrogen) atoms. The van der Waals surface area contributed by atoms with Crippen molar-refractivity contribution in [1.29, 1.82) is 0 Å². The van der Waals surface area contributed by atoms with E-state index < -0.39 is 0 Å². The molecule has 2 aromatic rings. The van der Waals surface area contributed by atoms with Crippen LogP contribution in [0.5, 0.6) is 0 Å². The van der Waals surface area contributed by atoms with Gasteiger partial charge < -0.3 is 0 Å². The second-order valence-corrected chi connectivity index (χ2v) is 2.95. The van der Waals surface area contributed by atoms with Crippen molar-refractivity contribution in [3.63, 3.8) is 0 Å². The molecule has 2 rings (SSSR count). The fourth-order valence-electron chi connectivity index (χ4n) is 1.10. The van der Waals surface area contributed by atoms with Gasteiger partial charge in [0.15, 0.2) is 0 Å². The molecule has 0 aliphatic carbocycles. The van der Waals surface area contributed by atoms with Crippen LogP contribution in [0.25, 0.3) is 11.3 Å². The van der Waals surface area contributed by atoms with Gasteiger partial charge >= 0.3 is 0 Å². The highest BCUT2D eigenvalue weighted by Crippen LogP contribution is 2.15. The van der Waals surface area contributed by atoms with Crippen molar-refractivity contribution in [1.82, 2.24) is 15.2 Å². The molecule has 0 amide bonds. The predicted octanol–water partition coefficient (Wildman–Crippen LogP) is 1.99. The Labute approximate surface area is 80.6 Å². The van der Waals surface area contributed by atoms with Gasteiger partial charge in [-0.05, 0) is 25.1 Å². The van der Waals surface area contributed by atoms with Gasteiger partial charge in [0.25, 0.3) is 0 Å². The molecule has 0 N–H and O–H groups in total. The highest BCUT2D eigenvalue weighted by molar-refractivity contribution is 5.56. The van der Waals surface area contributed by atoms with E-state index in [0.717, 1.165) is 11.9 Å². The van der Waals surface area contributed by atoms with Crippen LogP contribution in [0.4, 0.5) is 4.39 Å². The SMILES string of the molecule is Cc1ccc(-c2cncc(F)c2)nn1. The fourth-order valence-corrected chi connectivity index (χ4v) is 1.10. The van der Waals surface area contributed by atoms with Crippen LogP contribution in [-0.2, 0) is 0 Å². The summed E-state index contributed by atoms with van der Waals surface area (Å²) in [5.74, 6) is -0.370. The van der Waals surface area contributed by atoms with E-state index in [1.807, 2.05) is 13.0 Å². The van der Waals surface area contributed by atoms with Gasteiger partial charge in [0.05, 0.1) is 17.6 Å². The second-order valence-electron chi connectivity index (χ2n) is 2.95. The first kappa shape index (κ1) is 8.74. The first-order valence-electron chi connectivity index (χ1n) is 4.17. The molecule has 70 valence electrons. The zero-order valence-corrected chi connectivity index (χ0v) is 7.61. The monoisotopic (exact) mass is 189 g/mol. The number of halogens is 1. The van der Waals surface area contributed by atoms with Crippen molar-refractivity contribution in [2.45, 2.75) is 6.92 Å². The molecule has 0 aliphatic heterocycles. The van der Waals surface area contributed by atoms with Crippen LogP contribution in [0.2, 0.25) is 0 Å². The first-order chi connectivity index (χ1) is 6.75. The van der Waals surface area contributed by atoms with Crippen LogP contribution in [0.3, 0.4) is 0 Å². The molecule has 2 heterocycles. The summed E-state index contributed by atoms with van der Waals surface area (Å²) in [6.45, 7) is 1.85. The van der Waals surface area contributed by atoms with Gasteiger partial charge in [-0.15, -0.1) is 0 Å². The number of aromatic nitrogens is 3. The van der Waals surface area contributed by atoms with E-state index in [9.17, 15) is 4.39 Å². The molecular formula is C10H8FN3. The second kappa shape index (κ2) is 3.49. The highest BCUT2D eigenvalue weighted by atomic mass is 19.1. The summed E-state index contributed by atoms with van der Waals surface area (Å²) >= 11 is 0. The minimum Gasteiger partial charge on any atom is -0.261 e. The number of rotatable bonds is 1. The first-order valence-corrected chi connectivity index (χ1v) is 4.17. The number of pyridine rings is 1. The zero-order chi connectivity index (χ0) is 9.97. The van der Waals surface area contributed by atoms with Crippen molar-refractivity contribution in [3.05, 3.63) is 42.1 Å². The number of nitrogens with zero attached hydrogens (tertiary/aromatic N) is 3. The smallest absolute Gasteiger partial charge is 0.142 e. The Morgan fingerprint density at radius 2 is 2.00 bits per heavy atom.